The van der Waals surface area contributed by atoms with Crippen LogP contribution in [-0.2, 0) is 0 Å². The zero-order valence-corrected chi connectivity index (χ0v) is 11.4. The van der Waals surface area contributed by atoms with Gasteiger partial charge in [-0.1, -0.05) is 32.9 Å². The van der Waals surface area contributed by atoms with Crippen molar-refractivity contribution in [3.63, 3.8) is 0 Å². The molecule has 1 atom stereocenters. The van der Waals surface area contributed by atoms with Gasteiger partial charge in [-0.05, 0) is 23.1 Å². The minimum Gasteiger partial charge on any atom is -0.387 e. The van der Waals surface area contributed by atoms with Crippen molar-refractivity contribution in [3.05, 3.63) is 35.6 Å². The minimum atomic E-state index is -0.655. The Kier molecular flexibility index (Phi) is 6.68. The van der Waals surface area contributed by atoms with E-state index in [9.17, 15) is 9.50 Å². The molecule has 0 fully saturated rings. The maximum atomic E-state index is 12.9. The number of benzene rings is 1. The molecule has 0 saturated heterocycles. The Morgan fingerprint density at radius 3 is 2.53 bits per heavy atom. The molecular weight excluding hydrogens is 241 g/mol. The molecule has 17 heavy (non-hydrogen) atoms. The molecule has 1 unspecified atom stereocenters. The van der Waals surface area contributed by atoms with Crippen LogP contribution in [0.2, 0.25) is 0 Å². The highest BCUT2D eigenvalue weighted by molar-refractivity contribution is 5.85. The van der Waals surface area contributed by atoms with E-state index in [0.717, 1.165) is 6.54 Å². The first-order valence-electron chi connectivity index (χ1n) is 5.53. The number of nitrogens with one attached hydrogen (secondary N) is 1. The lowest BCUT2D eigenvalue weighted by molar-refractivity contribution is 0.169. The van der Waals surface area contributed by atoms with Crippen LogP contribution in [0.15, 0.2) is 24.3 Å². The van der Waals surface area contributed by atoms with Crippen molar-refractivity contribution in [2.24, 2.45) is 5.41 Å². The third-order valence-electron chi connectivity index (χ3n) is 2.23. The van der Waals surface area contributed by atoms with Crippen molar-refractivity contribution in [1.82, 2.24) is 5.32 Å². The van der Waals surface area contributed by atoms with Gasteiger partial charge in [0, 0.05) is 13.1 Å². The van der Waals surface area contributed by atoms with Crippen LogP contribution in [0, 0.1) is 11.2 Å². The zero-order valence-electron chi connectivity index (χ0n) is 10.5. The topological polar surface area (TPSA) is 32.3 Å². The number of hydrogen-bond donors (Lipinski definition) is 2. The van der Waals surface area contributed by atoms with E-state index >= 15 is 0 Å². The smallest absolute Gasteiger partial charge is 0.123 e. The van der Waals surface area contributed by atoms with Gasteiger partial charge in [-0.2, -0.15) is 0 Å². The predicted octanol–water partition coefficient (Wildman–Crippen LogP) is 2.92. The number of aliphatic hydroxyl groups is 1. The van der Waals surface area contributed by atoms with Gasteiger partial charge in [-0.15, -0.1) is 12.4 Å². The summed E-state index contributed by atoms with van der Waals surface area (Å²) in [5.74, 6) is -0.313. The molecule has 0 amide bonds. The molecule has 1 aromatic rings. The summed E-state index contributed by atoms with van der Waals surface area (Å²) >= 11 is 0. The van der Waals surface area contributed by atoms with Crippen molar-refractivity contribution in [2.75, 3.05) is 13.1 Å². The molecule has 2 N–H and O–H groups in total. The lowest BCUT2D eigenvalue weighted by Crippen LogP contribution is -2.30. The van der Waals surface area contributed by atoms with Crippen molar-refractivity contribution in [1.29, 1.82) is 0 Å². The second-order valence-corrected chi connectivity index (χ2v) is 5.26. The summed E-state index contributed by atoms with van der Waals surface area (Å²) in [6, 6.07) is 6.08. The standard InChI is InChI=1S/C13H20FNO.ClH/c1-13(2,3)9-15-8-12(16)10-5-4-6-11(14)7-10;/h4-7,12,15-16H,8-9H2,1-3H3;1H. The van der Waals surface area contributed by atoms with Crippen molar-refractivity contribution in [3.8, 4) is 0 Å². The van der Waals surface area contributed by atoms with Gasteiger partial charge in [0.05, 0.1) is 6.10 Å². The Labute approximate surface area is 109 Å². The highest BCUT2D eigenvalue weighted by Gasteiger charge is 2.12. The largest absolute Gasteiger partial charge is 0.387 e. The first-order chi connectivity index (χ1) is 7.38. The number of halogens is 2. The highest BCUT2D eigenvalue weighted by atomic mass is 35.5. The van der Waals surface area contributed by atoms with Crippen LogP contribution in [0.1, 0.15) is 32.4 Å². The molecule has 98 valence electrons. The van der Waals surface area contributed by atoms with Crippen LogP contribution in [0.25, 0.3) is 0 Å². The fourth-order valence-electron chi connectivity index (χ4n) is 1.42. The quantitative estimate of drug-likeness (QED) is 0.874. The van der Waals surface area contributed by atoms with Gasteiger partial charge in [0.25, 0.3) is 0 Å². The van der Waals surface area contributed by atoms with Gasteiger partial charge in [0.1, 0.15) is 5.82 Å². The molecule has 0 aliphatic carbocycles. The van der Waals surface area contributed by atoms with Gasteiger partial charge in [0.2, 0.25) is 0 Å². The Balaban J connectivity index is 0.00000256. The van der Waals surface area contributed by atoms with Gasteiger partial charge >= 0.3 is 0 Å². The van der Waals surface area contributed by atoms with Crippen LogP contribution in [0.3, 0.4) is 0 Å². The summed E-state index contributed by atoms with van der Waals surface area (Å²) in [5.41, 5.74) is 0.795. The minimum absolute atomic E-state index is 0. The normalized spacial score (nSPS) is 13.0. The third kappa shape index (κ3) is 6.61. The van der Waals surface area contributed by atoms with E-state index in [-0.39, 0.29) is 23.6 Å². The first-order valence-corrected chi connectivity index (χ1v) is 5.53. The SMILES string of the molecule is CC(C)(C)CNCC(O)c1cccc(F)c1.Cl. The molecule has 0 heterocycles. The second-order valence-electron chi connectivity index (χ2n) is 5.26. The molecule has 1 rings (SSSR count). The van der Waals surface area contributed by atoms with E-state index in [1.165, 1.54) is 12.1 Å². The van der Waals surface area contributed by atoms with Crippen LogP contribution in [0.4, 0.5) is 4.39 Å². The van der Waals surface area contributed by atoms with E-state index in [1.807, 2.05) is 0 Å². The molecular formula is C13H21ClFNO. The number of aliphatic hydroxyl groups excluding tert-OH is 1. The number of hydrogen-bond acceptors (Lipinski definition) is 2. The summed E-state index contributed by atoms with van der Waals surface area (Å²) in [6.45, 7) is 7.62. The Morgan fingerprint density at radius 1 is 1.35 bits per heavy atom. The lowest BCUT2D eigenvalue weighted by Gasteiger charge is -2.20. The summed E-state index contributed by atoms with van der Waals surface area (Å²) < 4.78 is 12.9. The molecule has 0 aromatic heterocycles. The van der Waals surface area contributed by atoms with E-state index < -0.39 is 6.10 Å². The van der Waals surface area contributed by atoms with E-state index in [0.29, 0.717) is 12.1 Å². The zero-order chi connectivity index (χ0) is 12.2. The molecule has 2 nitrogen and oxygen atoms in total. The summed E-state index contributed by atoms with van der Waals surface area (Å²) in [6.07, 6.45) is -0.655. The van der Waals surface area contributed by atoms with E-state index in [1.54, 1.807) is 12.1 Å². The maximum absolute atomic E-state index is 12.9. The van der Waals surface area contributed by atoms with Crippen LogP contribution in [0.5, 0.6) is 0 Å². The molecule has 4 heteroatoms. The van der Waals surface area contributed by atoms with Crippen molar-refractivity contribution < 1.29 is 9.50 Å². The average molecular weight is 262 g/mol. The Bertz CT molecular complexity index is 338. The van der Waals surface area contributed by atoms with E-state index in [4.69, 9.17) is 0 Å². The fourth-order valence-corrected chi connectivity index (χ4v) is 1.42. The van der Waals surface area contributed by atoms with Gasteiger partial charge < -0.3 is 10.4 Å². The van der Waals surface area contributed by atoms with Crippen molar-refractivity contribution in [2.45, 2.75) is 26.9 Å². The average Bonchev–Trinajstić information content (AvgIpc) is 2.15. The Hall–Kier alpha value is -0.640. The van der Waals surface area contributed by atoms with Crippen LogP contribution >= 0.6 is 12.4 Å². The molecule has 0 aliphatic rings. The molecule has 1 aromatic carbocycles. The number of rotatable bonds is 4. The van der Waals surface area contributed by atoms with Gasteiger partial charge in [0.15, 0.2) is 0 Å². The molecule has 0 saturated carbocycles. The van der Waals surface area contributed by atoms with Gasteiger partial charge in [-0.25, -0.2) is 4.39 Å². The molecule has 0 spiro atoms. The van der Waals surface area contributed by atoms with Crippen LogP contribution < -0.4 is 5.32 Å². The van der Waals surface area contributed by atoms with E-state index in [2.05, 4.69) is 26.1 Å². The lowest BCUT2D eigenvalue weighted by atomic mass is 9.97. The van der Waals surface area contributed by atoms with Gasteiger partial charge in [-0.3, -0.25) is 0 Å². The third-order valence-corrected chi connectivity index (χ3v) is 2.23. The first kappa shape index (κ1) is 16.4. The summed E-state index contributed by atoms with van der Waals surface area (Å²) in [5, 5.41) is 13.0. The molecule has 0 bridgehead atoms. The molecule has 0 aliphatic heterocycles. The van der Waals surface area contributed by atoms with Crippen LogP contribution in [-0.4, -0.2) is 18.2 Å². The summed E-state index contributed by atoms with van der Waals surface area (Å²) in [7, 11) is 0. The molecule has 0 radical (unpaired) electrons. The Morgan fingerprint density at radius 2 is 2.00 bits per heavy atom. The fraction of sp³-hybridized carbons (Fsp3) is 0.538. The second kappa shape index (κ2) is 6.94. The summed E-state index contributed by atoms with van der Waals surface area (Å²) in [4.78, 5) is 0. The monoisotopic (exact) mass is 261 g/mol. The predicted molar refractivity (Wildman–Crippen MR) is 70.9 cm³/mol. The van der Waals surface area contributed by atoms with Crippen molar-refractivity contribution >= 4 is 12.4 Å². The highest BCUT2D eigenvalue weighted by Crippen LogP contribution is 2.14. The maximum Gasteiger partial charge on any atom is 0.123 e.